The first-order valence-electron chi connectivity index (χ1n) is 8.08. The van der Waals surface area contributed by atoms with Gasteiger partial charge in [0.15, 0.2) is 0 Å². The maximum Gasteiger partial charge on any atom is 0.217 e. The maximum atomic E-state index is 6.11. The summed E-state index contributed by atoms with van der Waals surface area (Å²) in [5, 5.41) is 0. The number of hydrogen-bond donors (Lipinski definition) is 0. The van der Waals surface area contributed by atoms with Crippen molar-refractivity contribution in [3.63, 3.8) is 0 Å². The van der Waals surface area contributed by atoms with Gasteiger partial charge >= 0.3 is 0 Å². The van der Waals surface area contributed by atoms with Crippen molar-refractivity contribution in [2.24, 2.45) is 5.92 Å². The fraction of sp³-hybridized carbons (Fsp3) is 0.706. The molecular weight excluding hydrogens is 280 g/mol. The van der Waals surface area contributed by atoms with Crippen LogP contribution < -0.4 is 4.74 Å². The molecule has 0 amide bonds. The molecule has 3 heterocycles. The van der Waals surface area contributed by atoms with Crippen molar-refractivity contribution >= 4 is 0 Å². The Kier molecular flexibility index (Phi) is 4.96. The Balaban J connectivity index is 1.52. The van der Waals surface area contributed by atoms with Crippen LogP contribution in [0.1, 0.15) is 24.8 Å². The summed E-state index contributed by atoms with van der Waals surface area (Å²) in [6.07, 6.45) is 5.25. The lowest BCUT2D eigenvalue weighted by molar-refractivity contribution is -0.182. The number of methoxy groups -OCH3 is 2. The molecule has 1 atom stereocenters. The van der Waals surface area contributed by atoms with E-state index < -0.39 is 0 Å². The molecule has 0 bridgehead atoms. The third kappa shape index (κ3) is 3.42. The van der Waals surface area contributed by atoms with Crippen LogP contribution in [0, 0.1) is 5.92 Å². The summed E-state index contributed by atoms with van der Waals surface area (Å²) in [5.41, 5.74) is 1.22. The predicted molar refractivity (Wildman–Crippen MR) is 84.0 cm³/mol. The summed E-state index contributed by atoms with van der Waals surface area (Å²) in [5.74, 6) is 1.47. The predicted octanol–water partition coefficient (Wildman–Crippen LogP) is 2.11. The molecule has 2 aliphatic rings. The molecule has 0 unspecified atom stereocenters. The van der Waals surface area contributed by atoms with E-state index in [1.54, 1.807) is 20.4 Å². The quantitative estimate of drug-likeness (QED) is 0.805. The van der Waals surface area contributed by atoms with Crippen LogP contribution >= 0.6 is 0 Å². The average molecular weight is 306 g/mol. The lowest BCUT2D eigenvalue weighted by atomic mass is 9.79. The highest BCUT2D eigenvalue weighted by atomic mass is 16.5. The number of rotatable bonds is 6. The standard InChI is InChI=1S/C17H26N2O3/c1-20-8-5-14-6-9-22-17(10-14)12-19(13-17)11-15-4-3-7-18-16(15)21-2/h3-4,7,14H,5-6,8-13H2,1-2H3/t14-/m0/s1. The molecule has 5 nitrogen and oxygen atoms in total. The van der Waals surface area contributed by atoms with Crippen molar-refractivity contribution in [2.75, 3.05) is 40.5 Å². The van der Waals surface area contributed by atoms with Crippen LogP contribution in [0.2, 0.25) is 0 Å². The van der Waals surface area contributed by atoms with E-state index in [1.165, 1.54) is 6.42 Å². The van der Waals surface area contributed by atoms with E-state index in [1.807, 2.05) is 6.07 Å². The van der Waals surface area contributed by atoms with Crippen molar-refractivity contribution < 1.29 is 14.2 Å². The van der Waals surface area contributed by atoms with Gasteiger partial charge in [-0.05, 0) is 31.2 Å². The lowest BCUT2D eigenvalue weighted by Gasteiger charge is -2.53. The summed E-state index contributed by atoms with van der Waals surface area (Å²) in [7, 11) is 3.45. The summed E-state index contributed by atoms with van der Waals surface area (Å²) < 4.78 is 16.7. The van der Waals surface area contributed by atoms with E-state index in [4.69, 9.17) is 14.2 Å². The second-order valence-electron chi connectivity index (χ2n) is 6.49. The molecule has 2 saturated heterocycles. The topological polar surface area (TPSA) is 43.8 Å². The third-order valence-electron chi connectivity index (χ3n) is 4.79. The average Bonchev–Trinajstić information content (AvgIpc) is 2.52. The molecule has 0 saturated carbocycles. The van der Waals surface area contributed by atoms with E-state index in [2.05, 4.69) is 16.0 Å². The Labute approximate surface area is 132 Å². The van der Waals surface area contributed by atoms with E-state index in [0.29, 0.717) is 0 Å². The van der Waals surface area contributed by atoms with Gasteiger partial charge < -0.3 is 14.2 Å². The van der Waals surface area contributed by atoms with Crippen LogP contribution in [0.3, 0.4) is 0 Å². The number of hydrogen-bond acceptors (Lipinski definition) is 5. The zero-order valence-corrected chi connectivity index (χ0v) is 13.6. The summed E-state index contributed by atoms with van der Waals surface area (Å²) in [4.78, 5) is 6.68. The first-order chi connectivity index (χ1) is 10.7. The fourth-order valence-corrected chi connectivity index (χ4v) is 3.73. The van der Waals surface area contributed by atoms with E-state index in [0.717, 1.165) is 63.1 Å². The van der Waals surface area contributed by atoms with Gasteiger partial charge in [-0.15, -0.1) is 0 Å². The zero-order valence-electron chi connectivity index (χ0n) is 13.6. The normalized spacial score (nSPS) is 24.2. The Morgan fingerprint density at radius 1 is 1.41 bits per heavy atom. The molecule has 122 valence electrons. The minimum atomic E-state index is 0.0755. The SMILES string of the molecule is COCC[C@H]1CCOC2(C1)CN(Cc1cccnc1OC)C2. The summed E-state index contributed by atoms with van der Waals surface area (Å²) in [6, 6.07) is 4.05. The number of aromatic nitrogens is 1. The number of pyridine rings is 1. The van der Waals surface area contributed by atoms with Gasteiger partial charge in [-0.25, -0.2) is 4.98 Å². The fourth-order valence-electron chi connectivity index (χ4n) is 3.73. The third-order valence-corrected chi connectivity index (χ3v) is 4.79. The summed E-state index contributed by atoms with van der Waals surface area (Å²) in [6.45, 7) is 4.64. The molecule has 1 spiro atoms. The van der Waals surface area contributed by atoms with Crippen LogP contribution in [-0.2, 0) is 16.0 Å². The molecule has 1 aromatic heterocycles. The van der Waals surface area contributed by atoms with Gasteiger partial charge in [0.2, 0.25) is 5.88 Å². The minimum absolute atomic E-state index is 0.0755. The Hall–Kier alpha value is -1.17. The maximum absolute atomic E-state index is 6.11. The van der Waals surface area contributed by atoms with Gasteiger partial charge in [-0.1, -0.05) is 6.07 Å². The largest absolute Gasteiger partial charge is 0.481 e. The molecule has 5 heteroatoms. The molecule has 0 N–H and O–H groups in total. The Bertz CT molecular complexity index is 489. The van der Waals surface area contributed by atoms with Crippen molar-refractivity contribution in [3.8, 4) is 5.88 Å². The highest BCUT2D eigenvalue weighted by molar-refractivity contribution is 5.25. The van der Waals surface area contributed by atoms with Gasteiger partial charge in [0.05, 0.1) is 12.7 Å². The molecule has 0 radical (unpaired) electrons. The van der Waals surface area contributed by atoms with Crippen LogP contribution in [-0.4, -0.2) is 56.0 Å². The van der Waals surface area contributed by atoms with E-state index in [9.17, 15) is 0 Å². The van der Waals surface area contributed by atoms with Crippen molar-refractivity contribution in [1.29, 1.82) is 0 Å². The lowest BCUT2D eigenvalue weighted by Crippen LogP contribution is -2.64. The Morgan fingerprint density at radius 3 is 3.05 bits per heavy atom. The molecule has 0 aliphatic carbocycles. The molecular formula is C17H26N2O3. The first-order valence-corrected chi connectivity index (χ1v) is 8.08. The molecule has 2 fully saturated rings. The van der Waals surface area contributed by atoms with Crippen LogP contribution in [0.15, 0.2) is 18.3 Å². The second-order valence-corrected chi connectivity index (χ2v) is 6.49. The zero-order chi connectivity index (χ0) is 15.4. The van der Waals surface area contributed by atoms with Crippen molar-refractivity contribution in [3.05, 3.63) is 23.9 Å². The monoisotopic (exact) mass is 306 g/mol. The smallest absolute Gasteiger partial charge is 0.217 e. The Morgan fingerprint density at radius 2 is 2.27 bits per heavy atom. The minimum Gasteiger partial charge on any atom is -0.481 e. The van der Waals surface area contributed by atoms with Gasteiger partial charge in [0, 0.05) is 51.7 Å². The number of nitrogens with zero attached hydrogens (tertiary/aromatic N) is 2. The van der Waals surface area contributed by atoms with Gasteiger partial charge in [0.1, 0.15) is 0 Å². The van der Waals surface area contributed by atoms with Crippen molar-refractivity contribution in [2.45, 2.75) is 31.4 Å². The van der Waals surface area contributed by atoms with Gasteiger partial charge in [-0.3, -0.25) is 4.90 Å². The second kappa shape index (κ2) is 6.94. The number of likely N-dealkylation sites (tertiary alicyclic amines) is 1. The van der Waals surface area contributed by atoms with Crippen molar-refractivity contribution in [1.82, 2.24) is 9.88 Å². The van der Waals surface area contributed by atoms with Gasteiger partial charge in [-0.2, -0.15) is 0 Å². The first kappa shape index (κ1) is 15.7. The van der Waals surface area contributed by atoms with Gasteiger partial charge in [0.25, 0.3) is 0 Å². The summed E-state index contributed by atoms with van der Waals surface area (Å²) >= 11 is 0. The molecule has 0 aromatic carbocycles. The highest BCUT2D eigenvalue weighted by Gasteiger charge is 2.47. The van der Waals surface area contributed by atoms with Crippen LogP contribution in [0.25, 0.3) is 0 Å². The molecule has 2 aliphatic heterocycles. The molecule has 3 rings (SSSR count). The number of ether oxygens (including phenoxy) is 3. The van der Waals surface area contributed by atoms with E-state index in [-0.39, 0.29) is 5.60 Å². The van der Waals surface area contributed by atoms with Crippen LogP contribution in [0.4, 0.5) is 0 Å². The molecule has 22 heavy (non-hydrogen) atoms. The molecule has 1 aromatic rings. The van der Waals surface area contributed by atoms with Crippen LogP contribution in [0.5, 0.6) is 5.88 Å². The van der Waals surface area contributed by atoms with E-state index >= 15 is 0 Å². The highest BCUT2D eigenvalue weighted by Crippen LogP contribution is 2.39.